The number of aliphatic imine (C=N–C) groups is 1. The van der Waals surface area contributed by atoms with Gasteiger partial charge in [0.1, 0.15) is 5.82 Å². The molecule has 2 heterocycles. The minimum Gasteiger partial charge on any atom is -0.333 e. The van der Waals surface area contributed by atoms with Crippen LogP contribution in [0.1, 0.15) is 39.4 Å². The highest BCUT2D eigenvalue weighted by Crippen LogP contribution is 2.24. The van der Waals surface area contributed by atoms with Crippen LogP contribution in [0.25, 0.3) is 0 Å². The molecular formula is C12H21N3. The molecule has 1 unspecified atom stereocenters. The minimum atomic E-state index is 0.770. The Morgan fingerprint density at radius 1 is 1.60 bits per heavy atom. The zero-order valence-electron chi connectivity index (χ0n) is 10.0. The molecule has 84 valence electrons. The van der Waals surface area contributed by atoms with Crippen LogP contribution < -0.4 is 0 Å². The molecule has 1 atom stereocenters. The zero-order chi connectivity index (χ0) is 11.3. The second-order valence-corrected chi connectivity index (χ2v) is 3.63. The van der Waals surface area contributed by atoms with E-state index in [9.17, 15) is 0 Å². The summed E-state index contributed by atoms with van der Waals surface area (Å²) in [7, 11) is 0. The van der Waals surface area contributed by atoms with Crippen LogP contribution in [-0.4, -0.2) is 16.3 Å². The summed E-state index contributed by atoms with van der Waals surface area (Å²) in [6.07, 6.45) is 5.63. The Morgan fingerprint density at radius 2 is 2.33 bits per heavy atom. The average Bonchev–Trinajstić information content (AvgIpc) is 2.73. The van der Waals surface area contributed by atoms with Crippen LogP contribution in [0.15, 0.2) is 11.2 Å². The standard InChI is InChI=1S/C10H15N3.C2H6/c1-3-8-4-5-13-7-9(11-2)12-10(13)6-8;1-2/h7-8H,2-6H2,1H3;1-2H3. The molecule has 0 spiro atoms. The molecule has 2 rings (SSSR count). The fourth-order valence-electron chi connectivity index (χ4n) is 1.90. The van der Waals surface area contributed by atoms with Gasteiger partial charge in [0.05, 0.1) is 0 Å². The van der Waals surface area contributed by atoms with Crippen LogP contribution in [0.5, 0.6) is 0 Å². The molecule has 0 bridgehead atoms. The van der Waals surface area contributed by atoms with Crippen molar-refractivity contribution in [1.82, 2.24) is 9.55 Å². The lowest BCUT2D eigenvalue weighted by Gasteiger charge is -2.21. The van der Waals surface area contributed by atoms with E-state index in [1.165, 1.54) is 18.7 Å². The maximum absolute atomic E-state index is 4.40. The van der Waals surface area contributed by atoms with Gasteiger partial charge in [-0.05, 0) is 19.1 Å². The van der Waals surface area contributed by atoms with Gasteiger partial charge in [0.2, 0.25) is 0 Å². The highest BCUT2D eigenvalue weighted by Gasteiger charge is 2.18. The van der Waals surface area contributed by atoms with Crippen LogP contribution in [-0.2, 0) is 13.0 Å². The SMILES string of the molecule is C=Nc1cn2c(n1)CC(CC)CC2.CC. The Bertz CT molecular complexity index is 315. The summed E-state index contributed by atoms with van der Waals surface area (Å²) >= 11 is 0. The van der Waals surface area contributed by atoms with Crippen LogP contribution in [0, 0.1) is 5.92 Å². The third kappa shape index (κ3) is 2.67. The lowest BCUT2D eigenvalue weighted by atomic mass is 9.95. The van der Waals surface area contributed by atoms with Gasteiger partial charge in [0, 0.05) is 19.2 Å². The first-order valence-corrected chi connectivity index (χ1v) is 5.86. The molecule has 0 fully saturated rings. The zero-order valence-corrected chi connectivity index (χ0v) is 10.0. The fourth-order valence-corrected chi connectivity index (χ4v) is 1.90. The molecule has 3 nitrogen and oxygen atoms in total. The van der Waals surface area contributed by atoms with E-state index >= 15 is 0 Å². The highest BCUT2D eigenvalue weighted by molar-refractivity contribution is 5.38. The lowest BCUT2D eigenvalue weighted by Crippen LogP contribution is -2.18. The van der Waals surface area contributed by atoms with Gasteiger partial charge in [-0.1, -0.05) is 27.2 Å². The molecule has 0 aliphatic carbocycles. The minimum absolute atomic E-state index is 0.770. The summed E-state index contributed by atoms with van der Waals surface area (Å²) in [4.78, 5) is 8.25. The molecule has 1 aliphatic rings. The molecule has 1 aromatic rings. The van der Waals surface area contributed by atoms with Crippen molar-refractivity contribution in [2.45, 2.75) is 46.6 Å². The Labute approximate surface area is 92.2 Å². The van der Waals surface area contributed by atoms with Crippen LogP contribution in [0.3, 0.4) is 0 Å². The molecule has 15 heavy (non-hydrogen) atoms. The van der Waals surface area contributed by atoms with Crippen molar-refractivity contribution in [3.63, 3.8) is 0 Å². The van der Waals surface area contributed by atoms with Gasteiger partial charge in [-0.15, -0.1) is 0 Å². The molecule has 0 N–H and O–H groups in total. The summed E-state index contributed by atoms with van der Waals surface area (Å²) < 4.78 is 2.20. The molecule has 0 radical (unpaired) electrons. The summed E-state index contributed by atoms with van der Waals surface area (Å²) in [5, 5.41) is 0. The van der Waals surface area contributed by atoms with Gasteiger partial charge >= 0.3 is 0 Å². The number of hydrogen-bond donors (Lipinski definition) is 0. The maximum Gasteiger partial charge on any atom is 0.169 e. The van der Waals surface area contributed by atoms with Crippen molar-refractivity contribution in [2.24, 2.45) is 10.9 Å². The molecule has 0 aromatic carbocycles. The van der Waals surface area contributed by atoms with E-state index < -0.39 is 0 Å². The van der Waals surface area contributed by atoms with Crippen molar-refractivity contribution in [3.05, 3.63) is 12.0 Å². The summed E-state index contributed by atoms with van der Waals surface area (Å²) in [5.41, 5.74) is 0. The first-order valence-electron chi connectivity index (χ1n) is 5.86. The van der Waals surface area contributed by atoms with E-state index in [0.717, 1.165) is 24.7 Å². The first kappa shape index (κ1) is 12.0. The van der Waals surface area contributed by atoms with Crippen LogP contribution >= 0.6 is 0 Å². The third-order valence-electron chi connectivity index (χ3n) is 2.84. The molecule has 3 heteroatoms. The predicted molar refractivity (Wildman–Crippen MR) is 64.9 cm³/mol. The molecule has 0 amide bonds. The fraction of sp³-hybridized carbons (Fsp3) is 0.667. The Balaban J connectivity index is 0.000000531. The molecule has 0 saturated carbocycles. The van der Waals surface area contributed by atoms with Gasteiger partial charge in [0.25, 0.3) is 0 Å². The summed E-state index contributed by atoms with van der Waals surface area (Å²) in [5.74, 6) is 2.76. The van der Waals surface area contributed by atoms with E-state index in [0.29, 0.717) is 0 Å². The summed E-state index contributed by atoms with van der Waals surface area (Å²) in [6.45, 7) is 10.8. The van der Waals surface area contributed by atoms with Gasteiger partial charge in [-0.2, -0.15) is 0 Å². The first-order chi connectivity index (χ1) is 7.33. The van der Waals surface area contributed by atoms with E-state index in [2.05, 4.69) is 28.2 Å². The second-order valence-electron chi connectivity index (χ2n) is 3.63. The smallest absolute Gasteiger partial charge is 0.169 e. The van der Waals surface area contributed by atoms with Crippen molar-refractivity contribution in [3.8, 4) is 0 Å². The monoisotopic (exact) mass is 207 g/mol. The van der Waals surface area contributed by atoms with Gasteiger partial charge in [-0.25, -0.2) is 9.98 Å². The molecular weight excluding hydrogens is 186 g/mol. The number of imidazole rings is 1. The molecule has 1 aromatic heterocycles. The number of hydrogen-bond acceptors (Lipinski definition) is 2. The van der Waals surface area contributed by atoms with Gasteiger partial charge in [0.15, 0.2) is 5.82 Å². The Morgan fingerprint density at radius 3 is 2.93 bits per heavy atom. The number of nitrogens with zero attached hydrogens (tertiary/aromatic N) is 3. The second kappa shape index (κ2) is 5.69. The number of fused-ring (bicyclic) bond motifs is 1. The van der Waals surface area contributed by atoms with Crippen molar-refractivity contribution in [2.75, 3.05) is 0 Å². The quantitative estimate of drug-likeness (QED) is 0.685. The Hall–Kier alpha value is -1.12. The summed E-state index contributed by atoms with van der Waals surface area (Å²) in [6, 6.07) is 0. The van der Waals surface area contributed by atoms with Crippen LogP contribution in [0.2, 0.25) is 0 Å². The lowest BCUT2D eigenvalue weighted by molar-refractivity contribution is 0.372. The van der Waals surface area contributed by atoms with Crippen LogP contribution in [0.4, 0.5) is 5.82 Å². The van der Waals surface area contributed by atoms with Gasteiger partial charge in [-0.3, -0.25) is 0 Å². The van der Waals surface area contributed by atoms with E-state index in [1.807, 2.05) is 20.0 Å². The average molecular weight is 207 g/mol. The van der Waals surface area contributed by atoms with Gasteiger partial charge < -0.3 is 4.57 Å². The predicted octanol–water partition coefficient (Wildman–Crippen LogP) is 3.21. The normalized spacial score (nSPS) is 18.7. The van der Waals surface area contributed by atoms with Crippen molar-refractivity contribution >= 4 is 12.5 Å². The van der Waals surface area contributed by atoms with Crippen molar-refractivity contribution < 1.29 is 0 Å². The highest BCUT2D eigenvalue weighted by atomic mass is 15.1. The van der Waals surface area contributed by atoms with E-state index in [4.69, 9.17) is 0 Å². The van der Waals surface area contributed by atoms with E-state index in [1.54, 1.807) is 0 Å². The Kier molecular flexibility index (Phi) is 4.53. The van der Waals surface area contributed by atoms with Crippen molar-refractivity contribution in [1.29, 1.82) is 0 Å². The number of aryl methyl sites for hydroxylation is 1. The number of rotatable bonds is 2. The molecule has 1 aliphatic heterocycles. The number of aromatic nitrogens is 2. The van der Waals surface area contributed by atoms with E-state index in [-0.39, 0.29) is 0 Å². The largest absolute Gasteiger partial charge is 0.333 e. The maximum atomic E-state index is 4.40. The molecule has 0 saturated heterocycles. The topological polar surface area (TPSA) is 30.2 Å². The third-order valence-corrected chi connectivity index (χ3v) is 2.84.